The van der Waals surface area contributed by atoms with Gasteiger partial charge in [-0.3, -0.25) is 9.59 Å². The molecule has 1 atom stereocenters. The standard InChI is InChI=1S/C23H23ClN2O3/c1-3-25(4-2)13-14-26-20(15-9-11-16(24)12-10-15)19-21(27)17-7-5-6-8-18(17)29-22(19)23(26)28/h5-12,20H,3-4,13-14H2,1-2H3/p+1/t20-/m0/s1. The Labute approximate surface area is 174 Å². The minimum atomic E-state index is -0.467. The zero-order chi connectivity index (χ0) is 20.5. The number of fused-ring (bicyclic) bond motifs is 2. The molecule has 2 heterocycles. The van der Waals surface area contributed by atoms with Crippen LogP contribution >= 0.6 is 11.6 Å². The Morgan fingerprint density at radius 1 is 1.03 bits per heavy atom. The van der Waals surface area contributed by atoms with Crippen molar-refractivity contribution in [2.24, 2.45) is 0 Å². The van der Waals surface area contributed by atoms with E-state index in [-0.39, 0.29) is 17.1 Å². The molecule has 0 unspecified atom stereocenters. The quantitative estimate of drug-likeness (QED) is 0.678. The number of hydrogen-bond acceptors (Lipinski definition) is 3. The van der Waals surface area contributed by atoms with Gasteiger partial charge >= 0.3 is 0 Å². The van der Waals surface area contributed by atoms with Gasteiger partial charge in [-0.2, -0.15) is 0 Å². The number of rotatable bonds is 6. The summed E-state index contributed by atoms with van der Waals surface area (Å²) in [5.74, 6) is -0.0717. The number of likely N-dealkylation sites (N-methyl/N-ethyl adjacent to an activating group) is 1. The predicted octanol–water partition coefficient (Wildman–Crippen LogP) is 2.92. The lowest BCUT2D eigenvalue weighted by molar-refractivity contribution is -0.895. The predicted molar refractivity (Wildman–Crippen MR) is 114 cm³/mol. The zero-order valence-corrected chi connectivity index (χ0v) is 17.3. The van der Waals surface area contributed by atoms with Gasteiger partial charge in [-0.15, -0.1) is 0 Å². The lowest BCUT2D eigenvalue weighted by Gasteiger charge is -2.26. The van der Waals surface area contributed by atoms with Gasteiger partial charge in [0.25, 0.3) is 5.91 Å². The monoisotopic (exact) mass is 411 g/mol. The van der Waals surface area contributed by atoms with Crippen molar-refractivity contribution in [3.8, 4) is 0 Å². The van der Waals surface area contributed by atoms with Crippen LogP contribution in [0.4, 0.5) is 0 Å². The van der Waals surface area contributed by atoms with E-state index in [0.717, 1.165) is 25.2 Å². The summed E-state index contributed by atoms with van der Waals surface area (Å²) >= 11 is 6.07. The number of benzene rings is 2. The SMILES string of the molecule is CC[NH+](CC)CCN1C(=O)c2oc3ccccc3c(=O)c2[C@@H]1c1ccc(Cl)cc1. The van der Waals surface area contributed by atoms with Crippen LogP contribution in [0, 0.1) is 0 Å². The van der Waals surface area contributed by atoms with E-state index in [2.05, 4.69) is 13.8 Å². The molecule has 1 N–H and O–H groups in total. The van der Waals surface area contributed by atoms with Gasteiger partial charge in [0.15, 0.2) is 5.43 Å². The smallest absolute Gasteiger partial charge is 0.291 e. The average molecular weight is 412 g/mol. The number of quaternary nitrogens is 1. The van der Waals surface area contributed by atoms with E-state index >= 15 is 0 Å². The summed E-state index contributed by atoms with van der Waals surface area (Å²) in [6, 6.07) is 13.9. The van der Waals surface area contributed by atoms with Gasteiger partial charge in [0.2, 0.25) is 5.76 Å². The topological polar surface area (TPSA) is 55.0 Å². The van der Waals surface area contributed by atoms with Gasteiger partial charge in [-0.05, 0) is 43.7 Å². The van der Waals surface area contributed by atoms with E-state index in [9.17, 15) is 9.59 Å². The van der Waals surface area contributed by atoms with E-state index in [4.69, 9.17) is 16.0 Å². The minimum Gasteiger partial charge on any atom is -0.450 e. The largest absolute Gasteiger partial charge is 0.450 e. The molecule has 0 radical (unpaired) electrons. The molecule has 3 aromatic rings. The summed E-state index contributed by atoms with van der Waals surface area (Å²) in [4.78, 5) is 29.8. The molecular weight excluding hydrogens is 388 g/mol. The van der Waals surface area contributed by atoms with Crippen LogP contribution in [0.25, 0.3) is 11.0 Å². The molecule has 0 fully saturated rings. The number of para-hydroxylation sites is 1. The van der Waals surface area contributed by atoms with Crippen molar-refractivity contribution in [1.29, 1.82) is 0 Å². The van der Waals surface area contributed by atoms with Crippen molar-refractivity contribution in [3.05, 3.63) is 80.7 Å². The highest BCUT2D eigenvalue weighted by Crippen LogP contribution is 2.38. The van der Waals surface area contributed by atoms with Crippen molar-refractivity contribution in [1.82, 2.24) is 4.90 Å². The molecule has 1 aliphatic heterocycles. The van der Waals surface area contributed by atoms with Crippen LogP contribution in [0.5, 0.6) is 0 Å². The Morgan fingerprint density at radius 2 is 1.72 bits per heavy atom. The second kappa shape index (κ2) is 8.01. The fourth-order valence-corrected chi connectivity index (χ4v) is 4.20. The fraction of sp³-hybridized carbons (Fsp3) is 0.304. The molecule has 5 nitrogen and oxygen atoms in total. The Balaban J connectivity index is 1.85. The highest BCUT2D eigenvalue weighted by Gasteiger charge is 2.42. The van der Waals surface area contributed by atoms with Crippen LogP contribution in [-0.4, -0.2) is 37.0 Å². The molecule has 4 rings (SSSR count). The molecule has 0 spiro atoms. The summed E-state index contributed by atoms with van der Waals surface area (Å²) < 4.78 is 5.94. The van der Waals surface area contributed by atoms with Crippen molar-refractivity contribution in [3.63, 3.8) is 0 Å². The molecular formula is C23H24ClN2O3+. The van der Waals surface area contributed by atoms with Crippen LogP contribution in [0.2, 0.25) is 5.02 Å². The molecule has 2 aromatic carbocycles. The van der Waals surface area contributed by atoms with Crippen molar-refractivity contribution in [2.75, 3.05) is 26.2 Å². The van der Waals surface area contributed by atoms with Crippen molar-refractivity contribution in [2.45, 2.75) is 19.9 Å². The fourth-order valence-electron chi connectivity index (χ4n) is 4.07. The first-order chi connectivity index (χ1) is 14.0. The van der Waals surface area contributed by atoms with Gasteiger partial charge in [-0.1, -0.05) is 35.9 Å². The molecule has 1 aliphatic rings. The number of halogens is 1. The van der Waals surface area contributed by atoms with Gasteiger partial charge in [0.05, 0.1) is 43.2 Å². The summed E-state index contributed by atoms with van der Waals surface area (Å²) in [6.07, 6.45) is 0. The Morgan fingerprint density at radius 3 is 2.41 bits per heavy atom. The summed E-state index contributed by atoms with van der Waals surface area (Å²) in [5.41, 5.74) is 1.58. The number of amides is 1. The van der Waals surface area contributed by atoms with E-state index < -0.39 is 6.04 Å². The maximum absolute atomic E-state index is 13.3. The maximum atomic E-state index is 13.3. The maximum Gasteiger partial charge on any atom is 0.291 e. The van der Waals surface area contributed by atoms with Gasteiger partial charge in [0.1, 0.15) is 5.58 Å². The number of carbonyl (C=O) groups is 1. The number of nitrogens with zero attached hydrogens (tertiary/aromatic N) is 1. The Kier molecular flexibility index (Phi) is 5.43. The number of nitrogens with one attached hydrogen (secondary N) is 1. The first-order valence-electron chi connectivity index (χ1n) is 10.0. The Hall–Kier alpha value is -2.63. The van der Waals surface area contributed by atoms with Crippen LogP contribution in [0.1, 0.15) is 41.6 Å². The number of carbonyl (C=O) groups excluding carboxylic acids is 1. The molecule has 0 bridgehead atoms. The first kappa shape index (κ1) is 19.7. The van der Waals surface area contributed by atoms with Crippen molar-refractivity contribution >= 4 is 28.5 Å². The van der Waals surface area contributed by atoms with E-state index in [0.29, 0.717) is 28.1 Å². The van der Waals surface area contributed by atoms with Gasteiger partial charge in [0, 0.05) is 5.02 Å². The average Bonchev–Trinajstić information content (AvgIpc) is 3.02. The second-order valence-electron chi connectivity index (χ2n) is 7.33. The van der Waals surface area contributed by atoms with Crippen LogP contribution < -0.4 is 10.3 Å². The molecule has 150 valence electrons. The lowest BCUT2D eigenvalue weighted by Crippen LogP contribution is -3.12. The summed E-state index contributed by atoms with van der Waals surface area (Å²) in [5, 5.41) is 1.11. The highest BCUT2D eigenvalue weighted by atomic mass is 35.5. The van der Waals surface area contributed by atoms with Crippen LogP contribution in [0.15, 0.2) is 57.7 Å². The highest BCUT2D eigenvalue weighted by molar-refractivity contribution is 6.30. The normalized spacial score (nSPS) is 16.1. The third-order valence-electron chi connectivity index (χ3n) is 5.77. The molecule has 0 saturated carbocycles. The van der Waals surface area contributed by atoms with Crippen LogP contribution in [0.3, 0.4) is 0 Å². The zero-order valence-electron chi connectivity index (χ0n) is 16.6. The molecule has 0 aliphatic carbocycles. The summed E-state index contributed by atoms with van der Waals surface area (Å²) in [6.45, 7) is 7.59. The molecule has 29 heavy (non-hydrogen) atoms. The lowest BCUT2D eigenvalue weighted by atomic mass is 9.98. The van der Waals surface area contributed by atoms with Gasteiger partial charge < -0.3 is 14.2 Å². The molecule has 0 saturated heterocycles. The van der Waals surface area contributed by atoms with Gasteiger partial charge in [-0.25, -0.2) is 0 Å². The first-order valence-corrected chi connectivity index (χ1v) is 10.4. The summed E-state index contributed by atoms with van der Waals surface area (Å²) in [7, 11) is 0. The van der Waals surface area contributed by atoms with Crippen molar-refractivity contribution < 1.29 is 14.1 Å². The third-order valence-corrected chi connectivity index (χ3v) is 6.02. The molecule has 1 aromatic heterocycles. The third kappa shape index (κ3) is 3.45. The molecule has 6 heteroatoms. The molecule has 1 amide bonds. The van der Waals surface area contributed by atoms with E-state index in [1.54, 1.807) is 41.3 Å². The second-order valence-corrected chi connectivity index (χ2v) is 7.77. The van der Waals surface area contributed by atoms with E-state index in [1.165, 1.54) is 4.90 Å². The minimum absolute atomic E-state index is 0.146. The van der Waals surface area contributed by atoms with E-state index in [1.807, 2.05) is 12.1 Å². The Bertz CT molecular complexity index is 1100. The number of hydrogen-bond donors (Lipinski definition) is 1. The van der Waals surface area contributed by atoms with Crippen LogP contribution in [-0.2, 0) is 0 Å².